The number of ether oxygens (including phenoxy) is 1. The maximum Gasteiger partial charge on any atom is 0.415 e. The van der Waals surface area contributed by atoms with E-state index in [1.54, 1.807) is 11.0 Å². The zero-order valence-corrected chi connectivity index (χ0v) is 11.3. The van der Waals surface area contributed by atoms with Crippen molar-refractivity contribution in [3.8, 4) is 0 Å². The van der Waals surface area contributed by atoms with E-state index >= 15 is 0 Å². The van der Waals surface area contributed by atoms with Crippen molar-refractivity contribution in [3.05, 3.63) is 28.8 Å². The third-order valence-corrected chi connectivity index (χ3v) is 3.66. The van der Waals surface area contributed by atoms with E-state index in [0.29, 0.717) is 24.5 Å². The molecule has 1 atom stereocenters. The molecule has 1 aliphatic rings. The van der Waals surface area contributed by atoms with Crippen LogP contribution >= 0.6 is 11.6 Å². The highest BCUT2D eigenvalue weighted by atomic mass is 35.5. The van der Waals surface area contributed by atoms with Gasteiger partial charge in [0.15, 0.2) is 0 Å². The Bertz CT molecular complexity index is 478. The van der Waals surface area contributed by atoms with E-state index < -0.39 is 5.60 Å². The molecule has 2 rings (SSSR count). The summed E-state index contributed by atoms with van der Waals surface area (Å²) < 4.78 is 5.42. The second-order valence-electron chi connectivity index (χ2n) is 4.83. The molecule has 0 saturated carbocycles. The molecular formula is C13H17ClN2O2. The molecule has 98 valence electrons. The number of nitrogens with two attached hydrogens (primary N) is 1. The highest BCUT2D eigenvalue weighted by molar-refractivity contribution is 6.31. The first-order valence-corrected chi connectivity index (χ1v) is 6.30. The fourth-order valence-electron chi connectivity index (χ4n) is 2.20. The van der Waals surface area contributed by atoms with E-state index in [1.807, 2.05) is 26.0 Å². The normalized spacial score (nSPS) is 23.3. The minimum atomic E-state index is -0.513. The van der Waals surface area contributed by atoms with Crippen LogP contribution in [0.25, 0.3) is 0 Å². The van der Waals surface area contributed by atoms with Gasteiger partial charge < -0.3 is 10.5 Å². The third-order valence-electron chi connectivity index (χ3n) is 3.25. The minimum Gasteiger partial charge on any atom is -0.441 e. The molecule has 1 aromatic rings. The van der Waals surface area contributed by atoms with Crippen molar-refractivity contribution in [2.24, 2.45) is 5.73 Å². The Morgan fingerprint density at radius 3 is 2.94 bits per heavy atom. The average Bonchev–Trinajstić information content (AvgIpc) is 2.58. The van der Waals surface area contributed by atoms with E-state index in [1.165, 1.54) is 0 Å². The number of hydrogen-bond donors (Lipinski definition) is 1. The lowest BCUT2D eigenvalue weighted by Crippen LogP contribution is -2.33. The number of hydrogen-bond acceptors (Lipinski definition) is 3. The van der Waals surface area contributed by atoms with Crippen molar-refractivity contribution in [2.75, 3.05) is 18.0 Å². The van der Waals surface area contributed by atoms with Crippen molar-refractivity contribution in [2.45, 2.75) is 25.9 Å². The number of carbonyl (C=O) groups is 1. The number of carbonyl (C=O) groups excluding carboxylic acids is 1. The van der Waals surface area contributed by atoms with Gasteiger partial charge in [0, 0.05) is 11.4 Å². The molecular weight excluding hydrogens is 252 g/mol. The molecule has 0 bridgehead atoms. The lowest BCUT2D eigenvalue weighted by Gasteiger charge is -2.21. The Morgan fingerprint density at radius 1 is 1.56 bits per heavy atom. The summed E-state index contributed by atoms with van der Waals surface area (Å²) in [6.45, 7) is 4.79. The van der Waals surface area contributed by atoms with Crippen LogP contribution in [0.2, 0.25) is 5.02 Å². The van der Waals surface area contributed by atoms with Gasteiger partial charge in [-0.3, -0.25) is 4.90 Å². The lowest BCUT2D eigenvalue weighted by atomic mass is 10.0. The Balaban J connectivity index is 2.30. The SMILES string of the molecule is Cc1c(Cl)cccc1N1CC(C)(CCN)OC1=O. The van der Waals surface area contributed by atoms with Crippen molar-refractivity contribution in [1.82, 2.24) is 0 Å². The van der Waals surface area contributed by atoms with Gasteiger partial charge in [-0.05, 0) is 38.1 Å². The van der Waals surface area contributed by atoms with Crippen molar-refractivity contribution < 1.29 is 9.53 Å². The summed E-state index contributed by atoms with van der Waals surface area (Å²) in [5.74, 6) is 0. The van der Waals surface area contributed by atoms with Crippen LogP contribution in [0.3, 0.4) is 0 Å². The Hall–Kier alpha value is -1.26. The highest BCUT2D eigenvalue weighted by Gasteiger charge is 2.41. The lowest BCUT2D eigenvalue weighted by molar-refractivity contribution is 0.0672. The Kier molecular flexibility index (Phi) is 3.50. The van der Waals surface area contributed by atoms with Gasteiger partial charge >= 0.3 is 6.09 Å². The summed E-state index contributed by atoms with van der Waals surface area (Å²) in [4.78, 5) is 13.6. The molecule has 0 spiro atoms. The number of anilines is 1. The second kappa shape index (κ2) is 4.78. The van der Waals surface area contributed by atoms with Gasteiger partial charge in [0.1, 0.15) is 5.60 Å². The van der Waals surface area contributed by atoms with Gasteiger partial charge in [-0.15, -0.1) is 0 Å². The Labute approximate surface area is 112 Å². The molecule has 1 unspecified atom stereocenters. The summed E-state index contributed by atoms with van der Waals surface area (Å²) in [6.07, 6.45) is 0.311. The molecule has 2 N–H and O–H groups in total. The molecule has 18 heavy (non-hydrogen) atoms. The van der Waals surface area contributed by atoms with Crippen LogP contribution in [0.4, 0.5) is 10.5 Å². The molecule has 1 saturated heterocycles. The molecule has 5 heteroatoms. The second-order valence-corrected chi connectivity index (χ2v) is 5.23. The van der Waals surface area contributed by atoms with Crippen molar-refractivity contribution >= 4 is 23.4 Å². The summed E-state index contributed by atoms with van der Waals surface area (Å²) in [5, 5.41) is 0.646. The topological polar surface area (TPSA) is 55.6 Å². The molecule has 1 aliphatic heterocycles. The first-order chi connectivity index (χ1) is 8.47. The van der Waals surface area contributed by atoms with Gasteiger partial charge in [0.2, 0.25) is 0 Å². The standard InChI is InChI=1S/C13H17ClN2O2/c1-9-10(14)4-3-5-11(9)16-8-13(2,6-7-15)18-12(16)17/h3-5H,6-8,15H2,1-2H3. The monoisotopic (exact) mass is 268 g/mol. The predicted molar refractivity (Wildman–Crippen MR) is 72.1 cm³/mol. The smallest absolute Gasteiger partial charge is 0.415 e. The zero-order chi connectivity index (χ0) is 13.3. The largest absolute Gasteiger partial charge is 0.441 e. The van der Waals surface area contributed by atoms with Gasteiger partial charge in [-0.2, -0.15) is 0 Å². The van der Waals surface area contributed by atoms with Gasteiger partial charge in [0.25, 0.3) is 0 Å². The number of rotatable bonds is 3. The van der Waals surface area contributed by atoms with Crippen molar-refractivity contribution in [3.63, 3.8) is 0 Å². The van der Waals surface area contributed by atoms with Crippen LogP contribution in [-0.4, -0.2) is 24.8 Å². The first-order valence-electron chi connectivity index (χ1n) is 5.92. The molecule has 1 heterocycles. The first kappa shape index (κ1) is 13.2. The zero-order valence-electron chi connectivity index (χ0n) is 10.6. The summed E-state index contributed by atoms with van der Waals surface area (Å²) in [5.41, 5.74) is 6.71. The maximum absolute atomic E-state index is 11.9. The highest BCUT2D eigenvalue weighted by Crippen LogP contribution is 2.33. The van der Waals surface area contributed by atoms with Gasteiger partial charge in [-0.1, -0.05) is 17.7 Å². The maximum atomic E-state index is 11.9. The van der Waals surface area contributed by atoms with Gasteiger partial charge in [0.05, 0.1) is 12.2 Å². The van der Waals surface area contributed by atoms with Crippen LogP contribution in [0.15, 0.2) is 18.2 Å². The molecule has 0 aliphatic carbocycles. The van der Waals surface area contributed by atoms with E-state index in [4.69, 9.17) is 22.1 Å². The van der Waals surface area contributed by atoms with Crippen LogP contribution in [-0.2, 0) is 4.74 Å². The van der Waals surface area contributed by atoms with Crippen LogP contribution in [0.1, 0.15) is 18.9 Å². The van der Waals surface area contributed by atoms with E-state index in [2.05, 4.69) is 0 Å². The fourth-order valence-corrected chi connectivity index (χ4v) is 2.37. The number of amides is 1. The number of cyclic esters (lactones) is 1. The molecule has 1 fully saturated rings. The molecule has 0 radical (unpaired) electrons. The molecule has 0 aromatic heterocycles. The fraction of sp³-hybridized carbons (Fsp3) is 0.462. The summed E-state index contributed by atoms with van der Waals surface area (Å²) in [7, 11) is 0. The van der Waals surface area contributed by atoms with E-state index in [9.17, 15) is 4.79 Å². The summed E-state index contributed by atoms with van der Waals surface area (Å²) >= 11 is 6.07. The third kappa shape index (κ3) is 2.31. The Morgan fingerprint density at radius 2 is 2.28 bits per heavy atom. The number of nitrogens with zero attached hydrogens (tertiary/aromatic N) is 1. The van der Waals surface area contributed by atoms with E-state index in [-0.39, 0.29) is 6.09 Å². The van der Waals surface area contributed by atoms with Gasteiger partial charge in [-0.25, -0.2) is 4.79 Å². The predicted octanol–water partition coefficient (Wildman–Crippen LogP) is 2.71. The number of halogens is 1. The molecule has 4 nitrogen and oxygen atoms in total. The minimum absolute atomic E-state index is 0.337. The van der Waals surface area contributed by atoms with Crippen LogP contribution < -0.4 is 10.6 Å². The number of benzene rings is 1. The quantitative estimate of drug-likeness (QED) is 0.917. The summed E-state index contributed by atoms with van der Waals surface area (Å²) in [6, 6.07) is 5.51. The molecule has 1 amide bonds. The van der Waals surface area contributed by atoms with E-state index in [0.717, 1.165) is 11.3 Å². The average molecular weight is 269 g/mol. The van der Waals surface area contributed by atoms with Crippen LogP contribution in [0.5, 0.6) is 0 Å². The van der Waals surface area contributed by atoms with Crippen molar-refractivity contribution in [1.29, 1.82) is 0 Å². The molecule has 1 aromatic carbocycles. The van der Waals surface area contributed by atoms with Crippen LogP contribution in [0, 0.1) is 6.92 Å².